The lowest BCUT2D eigenvalue weighted by Gasteiger charge is -2.28. The van der Waals surface area contributed by atoms with Crippen LogP contribution in [0.3, 0.4) is 0 Å². The van der Waals surface area contributed by atoms with Crippen molar-refractivity contribution in [1.82, 2.24) is 4.90 Å². The molecule has 2 atom stereocenters. The number of amides is 1. The van der Waals surface area contributed by atoms with Crippen LogP contribution < -0.4 is 10.5 Å². The van der Waals surface area contributed by atoms with Crippen molar-refractivity contribution in [2.45, 2.75) is 51.6 Å². The topological polar surface area (TPSA) is 55.6 Å². The molecule has 118 valence electrons. The van der Waals surface area contributed by atoms with E-state index in [2.05, 4.69) is 6.92 Å². The molecule has 0 saturated heterocycles. The predicted octanol–water partition coefficient (Wildman–Crippen LogP) is 2.60. The minimum Gasteiger partial charge on any atom is -0.496 e. The molecule has 2 unspecified atom stereocenters. The minimum absolute atomic E-state index is 0.0193. The number of hydrogen-bond acceptors (Lipinski definition) is 3. The number of carbonyl (C=O) groups excluding carboxylic acids is 1. The highest BCUT2D eigenvalue weighted by Crippen LogP contribution is 2.20. The van der Waals surface area contributed by atoms with Gasteiger partial charge < -0.3 is 15.4 Å². The first-order valence-electron chi connectivity index (χ1n) is 7.65. The van der Waals surface area contributed by atoms with Gasteiger partial charge in [0.05, 0.1) is 13.2 Å². The Balaban J connectivity index is 2.65. The Morgan fingerprint density at radius 1 is 1.38 bits per heavy atom. The van der Waals surface area contributed by atoms with Crippen molar-refractivity contribution in [3.8, 4) is 5.75 Å². The predicted molar refractivity (Wildman–Crippen MR) is 86.4 cm³/mol. The lowest BCUT2D eigenvalue weighted by molar-refractivity contribution is -0.133. The Kier molecular flexibility index (Phi) is 7.23. The van der Waals surface area contributed by atoms with Crippen LogP contribution in [-0.4, -0.2) is 37.0 Å². The summed E-state index contributed by atoms with van der Waals surface area (Å²) in [6.45, 7) is 4.14. The van der Waals surface area contributed by atoms with E-state index in [1.54, 1.807) is 12.0 Å². The molecule has 0 aliphatic rings. The van der Waals surface area contributed by atoms with Crippen molar-refractivity contribution in [3.63, 3.8) is 0 Å². The second-order valence-electron chi connectivity index (χ2n) is 5.56. The van der Waals surface area contributed by atoms with Crippen LogP contribution in [0.15, 0.2) is 24.3 Å². The van der Waals surface area contributed by atoms with Gasteiger partial charge in [-0.1, -0.05) is 38.0 Å². The van der Waals surface area contributed by atoms with Gasteiger partial charge in [-0.3, -0.25) is 4.79 Å². The molecule has 1 rings (SSSR count). The van der Waals surface area contributed by atoms with Gasteiger partial charge in [0.25, 0.3) is 0 Å². The lowest BCUT2D eigenvalue weighted by atomic mass is 10.0. The molecule has 0 saturated carbocycles. The molecule has 4 heteroatoms. The number of carbonyl (C=O) groups is 1. The van der Waals surface area contributed by atoms with Gasteiger partial charge in [0.15, 0.2) is 0 Å². The number of nitrogens with zero attached hydrogens (tertiary/aromatic N) is 1. The molecule has 0 heterocycles. The van der Waals surface area contributed by atoms with E-state index in [0.29, 0.717) is 0 Å². The third-order valence-electron chi connectivity index (χ3n) is 3.90. The zero-order valence-corrected chi connectivity index (χ0v) is 13.6. The quantitative estimate of drug-likeness (QED) is 0.801. The summed E-state index contributed by atoms with van der Waals surface area (Å²) in [5, 5.41) is 0. The highest BCUT2D eigenvalue weighted by atomic mass is 16.5. The van der Waals surface area contributed by atoms with Gasteiger partial charge >= 0.3 is 0 Å². The molecule has 1 aromatic carbocycles. The maximum absolute atomic E-state index is 12.3. The summed E-state index contributed by atoms with van der Waals surface area (Å²) in [6.07, 6.45) is 3.55. The van der Waals surface area contributed by atoms with Crippen LogP contribution in [0.2, 0.25) is 0 Å². The van der Waals surface area contributed by atoms with Gasteiger partial charge in [-0.05, 0) is 31.4 Å². The van der Waals surface area contributed by atoms with Gasteiger partial charge in [-0.2, -0.15) is 0 Å². The van der Waals surface area contributed by atoms with Crippen molar-refractivity contribution < 1.29 is 9.53 Å². The maximum Gasteiger partial charge on any atom is 0.239 e. The van der Waals surface area contributed by atoms with E-state index < -0.39 is 6.04 Å². The van der Waals surface area contributed by atoms with Gasteiger partial charge in [0, 0.05) is 13.1 Å². The molecule has 1 aromatic rings. The molecular weight excluding hydrogens is 264 g/mol. The summed E-state index contributed by atoms with van der Waals surface area (Å²) in [5.74, 6) is 0.881. The highest BCUT2D eigenvalue weighted by molar-refractivity contribution is 5.81. The lowest BCUT2D eigenvalue weighted by Crippen LogP contribution is -2.46. The second-order valence-corrected chi connectivity index (χ2v) is 5.56. The van der Waals surface area contributed by atoms with Crippen molar-refractivity contribution in [1.29, 1.82) is 0 Å². The summed E-state index contributed by atoms with van der Waals surface area (Å²) in [6, 6.07) is 7.60. The summed E-state index contributed by atoms with van der Waals surface area (Å²) in [7, 11) is 3.49. The van der Waals surface area contributed by atoms with Crippen molar-refractivity contribution in [2.24, 2.45) is 5.73 Å². The number of benzene rings is 1. The third-order valence-corrected chi connectivity index (χ3v) is 3.90. The van der Waals surface area contributed by atoms with Crippen molar-refractivity contribution in [3.05, 3.63) is 29.8 Å². The Labute approximate surface area is 128 Å². The van der Waals surface area contributed by atoms with Gasteiger partial charge in [0.1, 0.15) is 5.75 Å². The first-order chi connectivity index (χ1) is 10.0. The number of ether oxygens (including phenoxy) is 1. The zero-order valence-electron chi connectivity index (χ0n) is 13.6. The molecule has 0 bridgehead atoms. The van der Waals surface area contributed by atoms with E-state index in [1.165, 1.54) is 0 Å². The fraction of sp³-hybridized carbons (Fsp3) is 0.588. The van der Waals surface area contributed by atoms with Crippen LogP contribution in [-0.2, 0) is 11.2 Å². The van der Waals surface area contributed by atoms with Crippen molar-refractivity contribution in [2.75, 3.05) is 14.2 Å². The molecule has 0 spiro atoms. The number of methoxy groups -OCH3 is 1. The van der Waals surface area contributed by atoms with Crippen LogP contribution in [0, 0.1) is 0 Å². The fourth-order valence-electron chi connectivity index (χ4n) is 2.35. The Morgan fingerprint density at radius 2 is 2.05 bits per heavy atom. The summed E-state index contributed by atoms with van der Waals surface area (Å²) in [4.78, 5) is 14.1. The van der Waals surface area contributed by atoms with Crippen LogP contribution in [0.1, 0.15) is 38.7 Å². The molecule has 0 fully saturated rings. The molecule has 4 nitrogen and oxygen atoms in total. The average Bonchev–Trinajstić information content (AvgIpc) is 2.51. The minimum atomic E-state index is -0.393. The summed E-state index contributed by atoms with van der Waals surface area (Å²) >= 11 is 0. The number of hydrogen-bond donors (Lipinski definition) is 1. The van der Waals surface area contributed by atoms with Crippen LogP contribution >= 0.6 is 0 Å². The molecule has 0 radical (unpaired) electrons. The smallest absolute Gasteiger partial charge is 0.239 e. The SMILES string of the molecule is CCCCC(N)C(=O)N(C)C(C)Cc1ccccc1OC. The van der Waals surface area contributed by atoms with E-state index in [-0.39, 0.29) is 11.9 Å². The largest absolute Gasteiger partial charge is 0.496 e. The molecule has 2 N–H and O–H groups in total. The monoisotopic (exact) mass is 292 g/mol. The summed E-state index contributed by atoms with van der Waals surface area (Å²) < 4.78 is 5.36. The number of unbranched alkanes of at least 4 members (excludes halogenated alkanes) is 1. The molecule has 21 heavy (non-hydrogen) atoms. The fourth-order valence-corrected chi connectivity index (χ4v) is 2.35. The number of nitrogens with two attached hydrogens (primary N) is 1. The van der Waals surface area contributed by atoms with Crippen LogP contribution in [0.5, 0.6) is 5.75 Å². The zero-order chi connectivity index (χ0) is 15.8. The maximum atomic E-state index is 12.3. The molecule has 0 aliphatic carbocycles. The third kappa shape index (κ3) is 5.05. The normalized spacial score (nSPS) is 13.6. The first-order valence-corrected chi connectivity index (χ1v) is 7.65. The Morgan fingerprint density at radius 3 is 2.67 bits per heavy atom. The molecule has 1 amide bonds. The van der Waals surface area contributed by atoms with E-state index in [1.807, 2.05) is 38.2 Å². The van der Waals surface area contributed by atoms with Gasteiger partial charge in [-0.15, -0.1) is 0 Å². The molecule has 0 aliphatic heterocycles. The molecule has 0 aromatic heterocycles. The van der Waals surface area contributed by atoms with Gasteiger partial charge in [0.2, 0.25) is 5.91 Å². The Bertz CT molecular complexity index is 448. The van der Waals surface area contributed by atoms with E-state index in [9.17, 15) is 4.79 Å². The summed E-state index contributed by atoms with van der Waals surface area (Å²) in [5.41, 5.74) is 7.08. The second kappa shape index (κ2) is 8.67. The Hall–Kier alpha value is -1.55. The molecular formula is C17H28N2O2. The number of likely N-dealkylation sites (N-methyl/N-ethyl adjacent to an activating group) is 1. The number of rotatable bonds is 8. The average molecular weight is 292 g/mol. The van der Waals surface area contributed by atoms with E-state index in [0.717, 1.165) is 37.0 Å². The van der Waals surface area contributed by atoms with Crippen LogP contribution in [0.4, 0.5) is 0 Å². The highest BCUT2D eigenvalue weighted by Gasteiger charge is 2.22. The number of para-hydroxylation sites is 1. The van der Waals surface area contributed by atoms with Crippen LogP contribution in [0.25, 0.3) is 0 Å². The van der Waals surface area contributed by atoms with Crippen molar-refractivity contribution >= 4 is 5.91 Å². The van der Waals surface area contributed by atoms with E-state index in [4.69, 9.17) is 10.5 Å². The van der Waals surface area contributed by atoms with E-state index >= 15 is 0 Å². The standard InChI is InChI=1S/C17H28N2O2/c1-5-6-10-15(18)17(20)19(3)13(2)12-14-9-7-8-11-16(14)21-4/h7-9,11,13,15H,5-6,10,12,18H2,1-4H3. The first kappa shape index (κ1) is 17.5. The van der Waals surface area contributed by atoms with Gasteiger partial charge in [-0.25, -0.2) is 0 Å².